The van der Waals surface area contributed by atoms with Gasteiger partial charge < -0.3 is 14.9 Å². The van der Waals surface area contributed by atoms with Gasteiger partial charge in [0.25, 0.3) is 5.91 Å². The third kappa shape index (κ3) is 4.44. The first-order valence-electron chi connectivity index (χ1n) is 8.38. The molecule has 0 saturated carbocycles. The van der Waals surface area contributed by atoms with E-state index >= 15 is 0 Å². The van der Waals surface area contributed by atoms with E-state index in [1.54, 1.807) is 11.0 Å². The van der Waals surface area contributed by atoms with Crippen LogP contribution in [-0.4, -0.2) is 42.1 Å². The Hall–Kier alpha value is -2.49. The fraction of sp³-hybridized carbons (Fsp3) is 0.200. The zero-order valence-corrected chi connectivity index (χ0v) is 16.7. The van der Waals surface area contributed by atoms with Gasteiger partial charge in [0.2, 0.25) is 0 Å². The first kappa shape index (κ1) is 19.3. The second-order valence-electron chi connectivity index (χ2n) is 6.11. The topological polar surface area (TPSA) is 67.6 Å². The molecule has 1 fully saturated rings. The van der Waals surface area contributed by atoms with Crippen molar-refractivity contribution in [2.24, 2.45) is 0 Å². The molecule has 2 aromatic carbocycles. The van der Waals surface area contributed by atoms with E-state index in [1.807, 2.05) is 36.4 Å². The summed E-state index contributed by atoms with van der Waals surface area (Å²) in [6, 6.07) is 15.0. The van der Waals surface area contributed by atoms with Gasteiger partial charge in [-0.05, 0) is 46.3 Å². The normalized spacial score (nSPS) is 14.8. The number of carbonyl (C=O) groups excluding carboxylic acids is 1. The van der Waals surface area contributed by atoms with Crippen molar-refractivity contribution in [3.63, 3.8) is 0 Å². The van der Waals surface area contributed by atoms with Crippen LogP contribution < -0.4 is 4.90 Å². The number of halogens is 2. The van der Waals surface area contributed by atoms with E-state index in [4.69, 9.17) is 11.6 Å². The van der Waals surface area contributed by atoms with Gasteiger partial charge in [-0.25, -0.2) is 0 Å². The number of nitrogens with zero attached hydrogens (tertiary/aromatic N) is 3. The summed E-state index contributed by atoms with van der Waals surface area (Å²) in [4.78, 5) is 16.6. The molecule has 1 amide bonds. The maximum atomic E-state index is 12.7. The Labute approximate surface area is 171 Å². The number of aromatic hydroxyl groups is 1. The average Bonchev–Trinajstić information content (AvgIpc) is 2.70. The smallest absolute Gasteiger partial charge is 0.264 e. The molecule has 1 aliphatic rings. The van der Waals surface area contributed by atoms with Crippen LogP contribution in [0, 0.1) is 11.3 Å². The Morgan fingerprint density at radius 3 is 2.48 bits per heavy atom. The number of benzene rings is 2. The molecule has 5 nitrogen and oxygen atoms in total. The Morgan fingerprint density at radius 2 is 1.85 bits per heavy atom. The molecule has 138 valence electrons. The fourth-order valence-electron chi connectivity index (χ4n) is 2.97. The number of hydrogen-bond donors (Lipinski definition) is 1. The molecule has 7 heteroatoms. The van der Waals surface area contributed by atoms with Crippen molar-refractivity contribution in [2.45, 2.75) is 0 Å². The van der Waals surface area contributed by atoms with E-state index in [0.29, 0.717) is 41.2 Å². The number of para-hydroxylation sites is 1. The summed E-state index contributed by atoms with van der Waals surface area (Å²) in [6.45, 7) is 2.45. The molecule has 1 saturated heterocycles. The van der Waals surface area contributed by atoms with Crippen LogP contribution in [0.3, 0.4) is 0 Å². The molecule has 2 aromatic rings. The van der Waals surface area contributed by atoms with Gasteiger partial charge >= 0.3 is 0 Å². The minimum Gasteiger partial charge on any atom is -0.506 e. The molecule has 0 spiro atoms. The highest BCUT2D eigenvalue weighted by atomic mass is 79.9. The maximum absolute atomic E-state index is 12.7. The average molecular weight is 447 g/mol. The van der Waals surface area contributed by atoms with Gasteiger partial charge in [0, 0.05) is 42.5 Å². The van der Waals surface area contributed by atoms with Crippen molar-refractivity contribution in [1.29, 1.82) is 5.26 Å². The molecule has 0 radical (unpaired) electrons. The monoisotopic (exact) mass is 445 g/mol. The molecule has 3 rings (SSSR count). The molecule has 0 atom stereocenters. The lowest BCUT2D eigenvalue weighted by Crippen LogP contribution is -2.49. The first-order chi connectivity index (χ1) is 13.0. The van der Waals surface area contributed by atoms with Crippen molar-refractivity contribution in [3.8, 4) is 11.8 Å². The summed E-state index contributed by atoms with van der Waals surface area (Å²) in [6.07, 6.45) is 1.37. The second kappa shape index (κ2) is 8.47. The number of nitriles is 1. The number of hydrogen-bond acceptors (Lipinski definition) is 4. The molecule has 1 heterocycles. The maximum Gasteiger partial charge on any atom is 0.264 e. The molecule has 1 N–H and O–H groups in total. The van der Waals surface area contributed by atoms with E-state index in [-0.39, 0.29) is 17.2 Å². The third-order valence-electron chi connectivity index (χ3n) is 4.40. The third-order valence-corrected chi connectivity index (χ3v) is 5.22. The van der Waals surface area contributed by atoms with Gasteiger partial charge in [-0.3, -0.25) is 4.79 Å². The number of rotatable bonds is 3. The summed E-state index contributed by atoms with van der Waals surface area (Å²) >= 11 is 9.20. The van der Waals surface area contributed by atoms with Gasteiger partial charge in [0.15, 0.2) is 0 Å². The molecule has 0 bridgehead atoms. The first-order valence-corrected chi connectivity index (χ1v) is 9.56. The summed E-state index contributed by atoms with van der Waals surface area (Å²) in [5.74, 6) is -0.408. The van der Waals surface area contributed by atoms with Crippen LogP contribution in [0.2, 0.25) is 5.02 Å². The lowest BCUT2D eigenvalue weighted by molar-refractivity contribution is -0.126. The minimum absolute atomic E-state index is 0.0346. The Kier molecular flexibility index (Phi) is 6.04. The van der Waals surface area contributed by atoms with E-state index in [0.717, 1.165) is 5.69 Å². The number of piperazine rings is 1. The lowest BCUT2D eigenvalue weighted by Gasteiger charge is -2.36. The Morgan fingerprint density at radius 1 is 1.19 bits per heavy atom. The highest BCUT2D eigenvalue weighted by Crippen LogP contribution is 2.33. The van der Waals surface area contributed by atoms with Crippen molar-refractivity contribution >= 4 is 45.2 Å². The summed E-state index contributed by atoms with van der Waals surface area (Å²) in [7, 11) is 0. The largest absolute Gasteiger partial charge is 0.506 e. The van der Waals surface area contributed by atoms with Crippen molar-refractivity contribution in [2.75, 3.05) is 31.1 Å². The van der Waals surface area contributed by atoms with Crippen molar-refractivity contribution in [3.05, 3.63) is 63.1 Å². The van der Waals surface area contributed by atoms with Crippen LogP contribution >= 0.6 is 27.5 Å². The standard InChI is InChI=1S/C20H17BrClN3O2/c21-18-12-16(22)11-14(19(18)26)10-15(13-23)20(27)25-8-6-24(7-9-25)17-4-2-1-3-5-17/h1-5,10-12,26H,6-9H2/b15-10-. The predicted octanol–water partition coefficient (Wildman–Crippen LogP) is 4.06. The van der Waals surface area contributed by atoms with E-state index < -0.39 is 0 Å². The van der Waals surface area contributed by atoms with Crippen molar-refractivity contribution < 1.29 is 9.90 Å². The SMILES string of the molecule is N#C/C(=C/c1cc(Cl)cc(Br)c1O)C(=O)N1CCN(c2ccccc2)CC1. The highest BCUT2D eigenvalue weighted by molar-refractivity contribution is 9.10. The zero-order valence-electron chi connectivity index (χ0n) is 14.4. The van der Waals surface area contributed by atoms with E-state index in [2.05, 4.69) is 20.8 Å². The molecule has 27 heavy (non-hydrogen) atoms. The van der Waals surface area contributed by atoms with E-state index in [9.17, 15) is 15.2 Å². The molecule has 1 aliphatic heterocycles. The quantitative estimate of drug-likeness (QED) is 0.570. The van der Waals surface area contributed by atoms with Crippen molar-refractivity contribution in [1.82, 2.24) is 4.90 Å². The van der Waals surface area contributed by atoms with Gasteiger partial charge in [0.1, 0.15) is 17.4 Å². The Bertz CT molecular complexity index is 917. The lowest BCUT2D eigenvalue weighted by atomic mass is 10.1. The molecule has 0 aliphatic carbocycles. The summed E-state index contributed by atoms with van der Waals surface area (Å²) in [5.41, 5.74) is 1.41. The van der Waals surface area contributed by atoms with E-state index in [1.165, 1.54) is 12.1 Å². The summed E-state index contributed by atoms with van der Waals surface area (Å²) < 4.78 is 0.405. The van der Waals surface area contributed by atoms with Gasteiger partial charge in [-0.1, -0.05) is 29.8 Å². The van der Waals surface area contributed by atoms with Gasteiger partial charge in [-0.2, -0.15) is 5.26 Å². The number of amides is 1. The van der Waals surface area contributed by atoms with Gasteiger partial charge in [-0.15, -0.1) is 0 Å². The van der Waals surface area contributed by atoms with Crippen LogP contribution in [-0.2, 0) is 4.79 Å². The molecule has 0 unspecified atom stereocenters. The molecular weight excluding hydrogens is 430 g/mol. The fourth-order valence-corrected chi connectivity index (χ4v) is 3.80. The highest BCUT2D eigenvalue weighted by Gasteiger charge is 2.24. The van der Waals surface area contributed by atoms with Crippen LogP contribution in [0.5, 0.6) is 5.75 Å². The molecule has 0 aromatic heterocycles. The van der Waals surface area contributed by atoms with Crippen LogP contribution in [0.1, 0.15) is 5.56 Å². The second-order valence-corrected chi connectivity index (χ2v) is 7.40. The number of phenols is 1. The zero-order chi connectivity index (χ0) is 19.4. The molecular formula is C20H17BrClN3O2. The summed E-state index contributed by atoms with van der Waals surface area (Å²) in [5, 5.41) is 20.0. The van der Waals surface area contributed by atoms with Crippen LogP contribution in [0.15, 0.2) is 52.5 Å². The Balaban J connectivity index is 1.74. The van der Waals surface area contributed by atoms with Crippen LogP contribution in [0.4, 0.5) is 5.69 Å². The predicted molar refractivity (Wildman–Crippen MR) is 110 cm³/mol. The number of phenolic OH excluding ortho intramolecular Hbond substituents is 1. The number of carbonyl (C=O) groups is 1. The van der Waals surface area contributed by atoms with Gasteiger partial charge in [0.05, 0.1) is 4.47 Å². The minimum atomic E-state index is -0.347. The number of anilines is 1. The van der Waals surface area contributed by atoms with Crippen LogP contribution in [0.25, 0.3) is 6.08 Å².